The van der Waals surface area contributed by atoms with Gasteiger partial charge in [-0.2, -0.15) is 4.98 Å². The van der Waals surface area contributed by atoms with E-state index in [-0.39, 0.29) is 5.78 Å². The zero-order chi connectivity index (χ0) is 26.4. The van der Waals surface area contributed by atoms with E-state index in [0.29, 0.717) is 61.1 Å². The van der Waals surface area contributed by atoms with Crippen LogP contribution in [0, 0.1) is 0 Å². The first-order chi connectivity index (χ1) is 18.6. The molecule has 0 aromatic carbocycles. The minimum atomic E-state index is -0.525. The highest BCUT2D eigenvalue weighted by molar-refractivity contribution is 5.91. The number of fused-ring (bicyclic) bond motifs is 2. The van der Waals surface area contributed by atoms with Crippen molar-refractivity contribution in [2.75, 3.05) is 33.4 Å². The van der Waals surface area contributed by atoms with E-state index in [1.165, 1.54) is 0 Å². The van der Waals surface area contributed by atoms with Gasteiger partial charge in [-0.1, -0.05) is 11.6 Å². The zero-order valence-electron chi connectivity index (χ0n) is 22.3. The predicted molar refractivity (Wildman–Crippen MR) is 143 cm³/mol. The first kappa shape index (κ1) is 26.5. The third-order valence-corrected chi connectivity index (χ3v) is 7.82. The molecule has 3 aliphatic rings. The highest BCUT2D eigenvalue weighted by Gasteiger charge is 2.47. The van der Waals surface area contributed by atoms with Crippen molar-refractivity contribution in [3.63, 3.8) is 0 Å². The van der Waals surface area contributed by atoms with E-state index in [2.05, 4.69) is 15.5 Å². The number of aromatic nitrogens is 3. The fourth-order valence-electron chi connectivity index (χ4n) is 5.58. The molecular weight excluding hydrogens is 484 g/mol. The number of allylic oxidation sites excluding steroid dienone is 1. The van der Waals surface area contributed by atoms with E-state index in [0.717, 1.165) is 75.6 Å². The summed E-state index contributed by atoms with van der Waals surface area (Å²) in [5.74, 6) is 1.63. The Bertz CT molecular complexity index is 1190. The number of unbranched alkanes of at least 4 members (excludes halogenated alkanes) is 2. The van der Waals surface area contributed by atoms with Gasteiger partial charge in [0.25, 0.3) is 0 Å². The monoisotopic (exact) mass is 523 g/mol. The van der Waals surface area contributed by atoms with Crippen molar-refractivity contribution >= 4 is 17.7 Å². The fraction of sp³-hybridized carbons (Fsp3) is 0.607. The number of ketones is 1. The molecule has 10 heteroatoms. The van der Waals surface area contributed by atoms with Gasteiger partial charge in [-0.15, -0.1) is 0 Å². The number of nitrogens with zero attached hydrogens (tertiary/aromatic N) is 3. The standard InChI is InChI=1S/C28H38N6O4/c1-30-13-5-2-6-15-37-24-16-22(21(29)10-14-31-19-17-36-18-19)32-27(33-24)25-20-8-7-12-28(26(20)34-38-25)11-4-3-9-23(28)35/h10,14,16,19,30H,2-9,11-13,15,17-18,29H2,1H3/p+1/b21-10-,31-14?/t28-/m1/s1. The number of Topliss-reactive ketones (excluding diaryl/α,β-unsaturated/α-hetero) is 1. The highest BCUT2D eigenvalue weighted by atomic mass is 16.5. The average Bonchev–Trinajstić information content (AvgIpc) is 3.35. The lowest BCUT2D eigenvalue weighted by atomic mass is 9.64. The molecule has 0 amide bonds. The summed E-state index contributed by atoms with van der Waals surface area (Å²) < 4.78 is 17.1. The van der Waals surface area contributed by atoms with E-state index in [1.807, 2.05) is 13.3 Å². The Balaban J connectivity index is 1.43. The summed E-state index contributed by atoms with van der Waals surface area (Å²) in [6.07, 6.45) is 12.6. The van der Waals surface area contributed by atoms with E-state index in [9.17, 15) is 4.79 Å². The Kier molecular flexibility index (Phi) is 8.48. The minimum Gasteiger partial charge on any atom is -0.478 e. The Morgan fingerprint density at radius 2 is 2.08 bits per heavy atom. The number of hydrogen-bond donors (Lipinski definition) is 3. The second-order valence-corrected chi connectivity index (χ2v) is 10.5. The molecule has 1 aliphatic heterocycles. The lowest BCUT2D eigenvalue weighted by Crippen LogP contribution is -2.82. The largest absolute Gasteiger partial charge is 0.478 e. The maximum atomic E-state index is 13.1. The Morgan fingerprint density at radius 3 is 2.87 bits per heavy atom. The molecule has 1 atom stereocenters. The molecule has 1 spiro atoms. The van der Waals surface area contributed by atoms with E-state index in [1.54, 1.807) is 12.1 Å². The molecule has 5 rings (SSSR count). The van der Waals surface area contributed by atoms with Crippen LogP contribution >= 0.6 is 0 Å². The first-order valence-corrected chi connectivity index (χ1v) is 13.9. The van der Waals surface area contributed by atoms with Crippen LogP contribution in [0.25, 0.3) is 17.3 Å². The van der Waals surface area contributed by atoms with Crippen molar-refractivity contribution in [1.82, 2.24) is 20.4 Å². The summed E-state index contributed by atoms with van der Waals surface area (Å²) in [6.45, 7) is 2.91. The third kappa shape index (κ3) is 5.66. The highest BCUT2D eigenvalue weighted by Crippen LogP contribution is 2.47. The number of rotatable bonds is 11. The molecule has 3 heterocycles. The van der Waals surface area contributed by atoms with Crippen LogP contribution in [0.4, 0.5) is 0 Å². The Hall–Kier alpha value is -3.11. The van der Waals surface area contributed by atoms with Gasteiger partial charge in [-0.3, -0.25) is 4.79 Å². The van der Waals surface area contributed by atoms with Crippen molar-refractivity contribution in [1.29, 1.82) is 0 Å². The van der Waals surface area contributed by atoms with Gasteiger partial charge in [-0.05, 0) is 65.0 Å². The summed E-state index contributed by atoms with van der Waals surface area (Å²) in [5, 5.41) is 7.62. The van der Waals surface area contributed by atoms with Gasteiger partial charge >= 0.3 is 0 Å². The van der Waals surface area contributed by atoms with Crippen molar-refractivity contribution in [2.45, 2.75) is 75.7 Å². The van der Waals surface area contributed by atoms with E-state index >= 15 is 0 Å². The Morgan fingerprint density at radius 1 is 1.21 bits per heavy atom. The lowest BCUT2D eigenvalue weighted by Gasteiger charge is -2.37. The van der Waals surface area contributed by atoms with E-state index in [4.69, 9.17) is 29.7 Å². The molecule has 38 heavy (non-hydrogen) atoms. The third-order valence-electron chi connectivity index (χ3n) is 7.82. The molecule has 2 fully saturated rings. The van der Waals surface area contributed by atoms with Gasteiger partial charge in [0.2, 0.25) is 17.5 Å². The normalized spacial score (nSPS) is 22.1. The molecule has 4 N–H and O–H groups in total. The maximum absolute atomic E-state index is 13.1. The van der Waals surface area contributed by atoms with Crippen LogP contribution in [0.3, 0.4) is 0 Å². The zero-order valence-corrected chi connectivity index (χ0v) is 22.3. The molecule has 2 aromatic rings. The van der Waals surface area contributed by atoms with Gasteiger partial charge in [0.15, 0.2) is 12.3 Å². The second-order valence-electron chi connectivity index (χ2n) is 10.5. The van der Waals surface area contributed by atoms with Crippen LogP contribution in [-0.4, -0.2) is 66.6 Å². The molecule has 2 aromatic heterocycles. The van der Waals surface area contributed by atoms with Crippen LogP contribution in [0.5, 0.6) is 5.88 Å². The average molecular weight is 524 g/mol. The Labute approximate surface area is 223 Å². The summed E-state index contributed by atoms with van der Waals surface area (Å²) in [7, 11) is 1.96. The number of carbonyl (C=O) groups excluding carboxylic acids is 1. The lowest BCUT2D eigenvalue weighted by molar-refractivity contribution is -0.531. The summed E-state index contributed by atoms with van der Waals surface area (Å²) >= 11 is 0. The van der Waals surface area contributed by atoms with Crippen molar-refractivity contribution in [3.05, 3.63) is 29.1 Å². The van der Waals surface area contributed by atoms with Gasteiger partial charge in [0.1, 0.15) is 24.7 Å². The SMILES string of the molecule is CNCCCCCOc1cc(/C(N)=C/C=[NH+]C2COC2)nc(-c2onc3c2CCC[C@@]32CCCCC2=O)n1. The van der Waals surface area contributed by atoms with Gasteiger partial charge in [0.05, 0.1) is 23.4 Å². The number of carbonyl (C=O) groups is 1. The van der Waals surface area contributed by atoms with E-state index < -0.39 is 5.41 Å². The van der Waals surface area contributed by atoms with Crippen LogP contribution in [-0.2, 0) is 21.4 Å². The molecule has 0 bridgehead atoms. The fourth-order valence-corrected chi connectivity index (χ4v) is 5.58. The summed E-state index contributed by atoms with van der Waals surface area (Å²) in [5.41, 5.74) is 8.66. The smallest absolute Gasteiger partial charge is 0.217 e. The second kappa shape index (κ2) is 12.2. The predicted octanol–water partition coefficient (Wildman–Crippen LogP) is 1.47. The number of hydrogen-bond acceptors (Lipinski definition) is 9. The molecule has 1 saturated carbocycles. The minimum absolute atomic E-state index is 0.286. The summed E-state index contributed by atoms with van der Waals surface area (Å²) in [6, 6.07) is 2.07. The molecule has 10 nitrogen and oxygen atoms in total. The van der Waals surface area contributed by atoms with Crippen molar-refractivity contribution in [3.8, 4) is 17.5 Å². The molecule has 204 valence electrons. The van der Waals surface area contributed by atoms with Crippen LogP contribution in [0.15, 0.2) is 16.7 Å². The number of ether oxygens (including phenoxy) is 2. The van der Waals surface area contributed by atoms with Gasteiger partial charge in [0, 0.05) is 24.1 Å². The van der Waals surface area contributed by atoms with Crippen molar-refractivity contribution < 1.29 is 23.8 Å². The maximum Gasteiger partial charge on any atom is 0.217 e. The van der Waals surface area contributed by atoms with Crippen LogP contribution < -0.4 is 20.8 Å². The summed E-state index contributed by atoms with van der Waals surface area (Å²) in [4.78, 5) is 25.8. The van der Waals surface area contributed by atoms with Crippen molar-refractivity contribution in [2.24, 2.45) is 5.73 Å². The topological polar surface area (TPSA) is 139 Å². The first-order valence-electron chi connectivity index (χ1n) is 13.9. The molecule has 1 saturated heterocycles. The van der Waals surface area contributed by atoms with Crippen LogP contribution in [0.1, 0.15) is 74.7 Å². The quantitative estimate of drug-likeness (QED) is 0.295. The molecule has 0 radical (unpaired) electrons. The molecule has 0 unspecified atom stereocenters. The number of nitrogens with one attached hydrogen (secondary N) is 2. The van der Waals surface area contributed by atoms with Crippen LogP contribution in [0.2, 0.25) is 0 Å². The molecule has 2 aliphatic carbocycles. The van der Waals surface area contributed by atoms with Gasteiger partial charge < -0.3 is 25.0 Å². The van der Waals surface area contributed by atoms with Gasteiger partial charge in [-0.25, -0.2) is 9.98 Å². The molecular formula is C28H39N6O4+. The number of nitrogens with two attached hydrogens (primary N) is 1.